The largest absolute Gasteiger partial charge is 0.236 e. The SMILES string of the molecule is N#CC(N=C=O)c1csnn1. The topological polar surface area (TPSA) is 79.0 Å². The maximum Gasteiger partial charge on any atom is 0.236 e. The van der Waals surface area contributed by atoms with Crippen LogP contribution < -0.4 is 0 Å². The highest BCUT2D eigenvalue weighted by atomic mass is 32.1. The van der Waals surface area contributed by atoms with Crippen molar-refractivity contribution < 1.29 is 4.79 Å². The molecular weight excluding hydrogens is 164 g/mol. The van der Waals surface area contributed by atoms with E-state index < -0.39 is 6.04 Å². The lowest BCUT2D eigenvalue weighted by Crippen LogP contribution is -1.91. The van der Waals surface area contributed by atoms with Gasteiger partial charge in [-0.25, -0.2) is 4.79 Å². The molecule has 1 rings (SSSR count). The lowest BCUT2D eigenvalue weighted by Gasteiger charge is -1.90. The first-order valence-corrected chi connectivity index (χ1v) is 3.45. The van der Waals surface area contributed by atoms with Crippen molar-refractivity contribution in [3.63, 3.8) is 0 Å². The van der Waals surface area contributed by atoms with E-state index in [9.17, 15) is 4.79 Å². The van der Waals surface area contributed by atoms with E-state index in [0.717, 1.165) is 11.5 Å². The van der Waals surface area contributed by atoms with Crippen LogP contribution >= 0.6 is 11.5 Å². The number of aromatic nitrogens is 2. The number of hydrogen-bond donors (Lipinski definition) is 0. The lowest BCUT2D eigenvalue weighted by atomic mass is 10.3. The van der Waals surface area contributed by atoms with Crippen LogP contribution in [0, 0.1) is 11.3 Å². The van der Waals surface area contributed by atoms with Crippen molar-refractivity contribution in [3.05, 3.63) is 11.1 Å². The monoisotopic (exact) mass is 166 g/mol. The summed E-state index contributed by atoms with van der Waals surface area (Å²) in [4.78, 5) is 13.0. The van der Waals surface area contributed by atoms with Gasteiger partial charge in [-0.1, -0.05) is 4.49 Å². The summed E-state index contributed by atoms with van der Waals surface area (Å²) in [6, 6.07) is 0.925. The average Bonchev–Trinajstić information content (AvgIpc) is 2.52. The predicted octanol–water partition coefficient (Wildman–Crippen LogP) is 0.439. The van der Waals surface area contributed by atoms with Crippen LogP contribution in [-0.4, -0.2) is 15.7 Å². The first-order valence-electron chi connectivity index (χ1n) is 2.62. The summed E-state index contributed by atoms with van der Waals surface area (Å²) in [7, 11) is 0. The summed E-state index contributed by atoms with van der Waals surface area (Å²) in [5.41, 5.74) is 0.390. The molecule has 0 spiro atoms. The van der Waals surface area contributed by atoms with Gasteiger partial charge >= 0.3 is 0 Å². The van der Waals surface area contributed by atoms with Gasteiger partial charge in [0.2, 0.25) is 6.08 Å². The second-order valence-electron chi connectivity index (χ2n) is 1.58. The molecule has 0 N–H and O–H groups in total. The van der Waals surface area contributed by atoms with E-state index in [-0.39, 0.29) is 0 Å². The summed E-state index contributed by atoms with van der Waals surface area (Å²) in [5, 5.41) is 13.6. The molecule has 0 aromatic carbocycles. The molecule has 1 aromatic heterocycles. The predicted molar refractivity (Wildman–Crippen MR) is 36.4 cm³/mol. The van der Waals surface area contributed by atoms with Crippen LogP contribution in [0.15, 0.2) is 10.4 Å². The summed E-state index contributed by atoms with van der Waals surface area (Å²) in [5.74, 6) is 0. The summed E-state index contributed by atoms with van der Waals surface area (Å²) >= 11 is 1.11. The van der Waals surface area contributed by atoms with E-state index in [0.29, 0.717) is 5.69 Å². The standard InChI is InChI=1S/C5H2N4OS/c6-1-4(7-3-10)5-2-11-9-8-5/h2,4H. The van der Waals surface area contributed by atoms with Crippen molar-refractivity contribution in [2.24, 2.45) is 4.99 Å². The van der Waals surface area contributed by atoms with Crippen molar-refractivity contribution in [1.82, 2.24) is 9.59 Å². The molecule has 0 aliphatic carbocycles. The van der Waals surface area contributed by atoms with Crippen LogP contribution in [0.25, 0.3) is 0 Å². The molecule has 1 unspecified atom stereocenters. The Balaban J connectivity index is 2.90. The lowest BCUT2D eigenvalue weighted by molar-refractivity contribution is 0.561. The number of nitriles is 1. The van der Waals surface area contributed by atoms with Crippen molar-refractivity contribution in [3.8, 4) is 6.07 Å². The molecular formula is C5H2N4OS. The third-order valence-corrected chi connectivity index (χ3v) is 1.48. The van der Waals surface area contributed by atoms with Crippen LogP contribution in [0.5, 0.6) is 0 Å². The number of aliphatic imine (C=N–C) groups is 1. The Kier molecular flexibility index (Phi) is 2.44. The second-order valence-corrected chi connectivity index (χ2v) is 2.19. The van der Waals surface area contributed by atoms with Gasteiger partial charge in [-0.2, -0.15) is 10.3 Å². The zero-order valence-corrected chi connectivity index (χ0v) is 6.08. The molecule has 54 valence electrons. The molecule has 0 amide bonds. The van der Waals surface area contributed by atoms with Gasteiger partial charge in [0.05, 0.1) is 6.07 Å². The molecule has 0 saturated carbocycles. The van der Waals surface area contributed by atoms with Gasteiger partial charge in [-0.3, -0.25) is 0 Å². The minimum absolute atomic E-state index is 0.390. The third-order valence-electron chi connectivity index (χ3n) is 0.961. The molecule has 0 radical (unpaired) electrons. The Morgan fingerprint density at radius 1 is 1.82 bits per heavy atom. The highest BCUT2D eigenvalue weighted by Crippen LogP contribution is 2.12. The summed E-state index contributed by atoms with van der Waals surface area (Å²) in [6.45, 7) is 0. The first-order chi connectivity index (χ1) is 5.38. The maximum absolute atomic E-state index is 9.78. The minimum atomic E-state index is -0.855. The molecule has 1 atom stereocenters. The van der Waals surface area contributed by atoms with Crippen molar-refractivity contribution in [2.45, 2.75) is 6.04 Å². The molecule has 0 aliphatic heterocycles. The second kappa shape index (κ2) is 3.56. The summed E-state index contributed by atoms with van der Waals surface area (Å²) in [6.07, 6.45) is 1.30. The van der Waals surface area contributed by atoms with Crippen LogP contribution in [0.2, 0.25) is 0 Å². The number of hydrogen-bond acceptors (Lipinski definition) is 6. The van der Waals surface area contributed by atoms with E-state index >= 15 is 0 Å². The highest BCUT2D eigenvalue weighted by Gasteiger charge is 2.10. The van der Waals surface area contributed by atoms with E-state index in [1.807, 2.05) is 0 Å². The number of nitrogens with zero attached hydrogens (tertiary/aromatic N) is 4. The van der Waals surface area contributed by atoms with Gasteiger partial charge in [0.1, 0.15) is 5.69 Å². The average molecular weight is 166 g/mol. The first kappa shape index (κ1) is 7.54. The van der Waals surface area contributed by atoms with Crippen molar-refractivity contribution >= 4 is 17.6 Å². The Bertz CT molecular complexity index is 308. The van der Waals surface area contributed by atoms with Crippen LogP contribution in [-0.2, 0) is 4.79 Å². The van der Waals surface area contributed by atoms with Crippen LogP contribution in [0.4, 0.5) is 0 Å². The van der Waals surface area contributed by atoms with Gasteiger partial charge in [-0.15, -0.1) is 5.10 Å². The van der Waals surface area contributed by atoms with Crippen molar-refractivity contribution in [2.75, 3.05) is 0 Å². The fourth-order valence-corrected chi connectivity index (χ4v) is 0.977. The summed E-state index contributed by atoms with van der Waals surface area (Å²) < 4.78 is 3.52. The van der Waals surface area contributed by atoms with Crippen molar-refractivity contribution in [1.29, 1.82) is 5.26 Å². The van der Waals surface area contributed by atoms with Gasteiger partial charge < -0.3 is 0 Å². The quantitative estimate of drug-likeness (QED) is 0.471. The third kappa shape index (κ3) is 1.67. The van der Waals surface area contributed by atoms with Gasteiger partial charge in [0, 0.05) is 5.38 Å². The Hall–Kier alpha value is -1.57. The molecule has 1 heterocycles. The van der Waals surface area contributed by atoms with Gasteiger partial charge in [0.15, 0.2) is 6.04 Å². The molecule has 0 bridgehead atoms. The zero-order chi connectivity index (χ0) is 8.10. The van der Waals surface area contributed by atoms with E-state index in [4.69, 9.17) is 5.26 Å². The van der Waals surface area contributed by atoms with Crippen LogP contribution in [0.1, 0.15) is 11.7 Å². The van der Waals surface area contributed by atoms with E-state index in [1.54, 1.807) is 11.4 Å². The fraction of sp³-hybridized carbons (Fsp3) is 0.200. The molecule has 0 aliphatic rings. The minimum Gasteiger partial charge on any atom is -0.211 e. The van der Waals surface area contributed by atoms with Crippen LogP contribution in [0.3, 0.4) is 0 Å². The maximum atomic E-state index is 9.78. The zero-order valence-electron chi connectivity index (χ0n) is 5.26. The number of carbonyl (C=O) groups excluding carboxylic acids is 1. The normalized spacial score (nSPS) is 11.2. The molecule has 6 heteroatoms. The Morgan fingerprint density at radius 2 is 2.64 bits per heavy atom. The highest BCUT2D eigenvalue weighted by molar-refractivity contribution is 7.03. The molecule has 5 nitrogen and oxygen atoms in total. The molecule has 0 fully saturated rings. The molecule has 11 heavy (non-hydrogen) atoms. The van der Waals surface area contributed by atoms with E-state index in [1.165, 1.54) is 6.08 Å². The molecule has 0 saturated heterocycles. The van der Waals surface area contributed by atoms with E-state index in [2.05, 4.69) is 14.6 Å². The fourth-order valence-electron chi connectivity index (χ4n) is 0.505. The number of isocyanates is 1. The Morgan fingerprint density at radius 3 is 3.09 bits per heavy atom. The smallest absolute Gasteiger partial charge is 0.211 e. The van der Waals surface area contributed by atoms with Gasteiger partial charge in [0.25, 0.3) is 0 Å². The Labute approximate surface area is 66.2 Å². The van der Waals surface area contributed by atoms with Gasteiger partial charge in [-0.05, 0) is 11.5 Å². The molecule has 1 aromatic rings. The number of rotatable bonds is 2.